The fourth-order valence-electron chi connectivity index (χ4n) is 2.59. The number of aromatic nitrogens is 2. The zero-order chi connectivity index (χ0) is 18.9. The third-order valence-corrected chi connectivity index (χ3v) is 5.29. The molecule has 138 valence electrons. The summed E-state index contributed by atoms with van der Waals surface area (Å²) in [5.41, 5.74) is 2.21. The van der Waals surface area contributed by atoms with E-state index in [1.165, 1.54) is 0 Å². The summed E-state index contributed by atoms with van der Waals surface area (Å²) in [6, 6.07) is 17.5. The van der Waals surface area contributed by atoms with Gasteiger partial charge >= 0.3 is 108 Å². The van der Waals surface area contributed by atoms with E-state index in [0.29, 0.717) is 24.6 Å². The average molecular weight is 381 g/mol. The molecule has 3 rings (SSSR count). The normalized spacial score (nSPS) is 11.9. The van der Waals surface area contributed by atoms with Crippen molar-refractivity contribution in [3.8, 4) is 0 Å². The van der Waals surface area contributed by atoms with Gasteiger partial charge in [0.25, 0.3) is 0 Å². The van der Waals surface area contributed by atoms with Crippen LogP contribution in [0.15, 0.2) is 64.0 Å². The molecule has 0 amide bonds. The molecule has 1 atom stereocenters. The zero-order valence-electron chi connectivity index (χ0n) is 14.8. The summed E-state index contributed by atoms with van der Waals surface area (Å²) in [7, 11) is -0.389. The van der Waals surface area contributed by atoms with E-state index >= 15 is 0 Å². The number of nitrogens with zero attached hydrogens (tertiary/aromatic N) is 2. The minimum atomic E-state index is -1.23. The van der Waals surface area contributed by atoms with Crippen LogP contribution >= 0.6 is 0 Å². The Morgan fingerprint density at radius 3 is 2.56 bits per heavy atom. The average Bonchev–Trinajstić information content (AvgIpc) is 3.13. The van der Waals surface area contributed by atoms with E-state index in [1.54, 1.807) is 0 Å². The standard InChI is InChI=1S/C19H20BN3O3S/c24-20-14-21-11-10-15-6-8-17(9-7-15)27(25)13-18-22-19(26-23-18)12-16-4-2-1-3-5-16/h1-9,21H,10-14H2. The molecule has 3 aromatic rings. The topological polar surface area (TPSA) is 85.1 Å². The van der Waals surface area contributed by atoms with Crippen LogP contribution in [0, 0.1) is 0 Å². The molecule has 0 radical (unpaired) electrons. The molecule has 1 N–H and O–H groups in total. The summed E-state index contributed by atoms with van der Waals surface area (Å²) in [5, 5.41) is 6.96. The van der Waals surface area contributed by atoms with Crippen molar-refractivity contribution in [2.75, 3.05) is 13.0 Å². The number of hydrogen-bond acceptors (Lipinski definition) is 6. The van der Waals surface area contributed by atoms with Crippen LogP contribution in [0.4, 0.5) is 0 Å². The second kappa shape index (κ2) is 10.0. The maximum atomic E-state index is 12.5. The molecule has 2 aromatic carbocycles. The molecule has 0 aliphatic rings. The Morgan fingerprint density at radius 2 is 1.81 bits per heavy atom. The van der Waals surface area contributed by atoms with E-state index in [0.717, 1.165) is 36.1 Å². The number of nitrogens with one attached hydrogen (secondary N) is 1. The number of rotatable bonds is 10. The molecule has 0 spiro atoms. The van der Waals surface area contributed by atoms with Gasteiger partial charge in [-0.05, 0) is 5.56 Å². The van der Waals surface area contributed by atoms with Crippen molar-refractivity contribution in [2.45, 2.75) is 23.5 Å². The van der Waals surface area contributed by atoms with Crippen molar-refractivity contribution in [3.05, 3.63) is 77.4 Å². The van der Waals surface area contributed by atoms with E-state index in [4.69, 9.17) is 4.52 Å². The Kier molecular flexibility index (Phi) is 7.18. The Morgan fingerprint density at radius 1 is 1.04 bits per heavy atom. The Balaban J connectivity index is 1.53. The van der Waals surface area contributed by atoms with Crippen molar-refractivity contribution in [1.29, 1.82) is 0 Å². The molecule has 0 saturated carbocycles. The van der Waals surface area contributed by atoms with Gasteiger partial charge in [-0.25, -0.2) is 0 Å². The van der Waals surface area contributed by atoms with Gasteiger partial charge in [-0.2, -0.15) is 0 Å². The minimum absolute atomic E-state index is 0.221. The molecule has 0 saturated heterocycles. The Labute approximate surface area is 161 Å². The van der Waals surface area contributed by atoms with Crippen molar-refractivity contribution in [1.82, 2.24) is 15.5 Å². The molecule has 1 heterocycles. The van der Waals surface area contributed by atoms with Crippen LogP contribution in [-0.2, 0) is 34.1 Å². The van der Waals surface area contributed by atoms with Crippen LogP contribution in [0.2, 0.25) is 0 Å². The van der Waals surface area contributed by atoms with E-state index in [1.807, 2.05) is 54.6 Å². The molecule has 0 bridgehead atoms. The third kappa shape index (κ3) is 6.04. The third-order valence-electron chi connectivity index (χ3n) is 3.97. The summed E-state index contributed by atoms with van der Waals surface area (Å²) >= 11 is 0. The van der Waals surface area contributed by atoms with Crippen LogP contribution in [0.25, 0.3) is 0 Å². The molecule has 0 aliphatic heterocycles. The quantitative estimate of drug-likeness (QED) is 0.428. The molecular weight excluding hydrogens is 361 g/mol. The molecule has 0 fully saturated rings. The van der Waals surface area contributed by atoms with Crippen LogP contribution in [-0.4, -0.2) is 34.5 Å². The van der Waals surface area contributed by atoms with Crippen molar-refractivity contribution < 1.29 is 13.4 Å². The summed E-state index contributed by atoms with van der Waals surface area (Å²) in [6.07, 6.45) is 1.74. The Bertz CT molecular complexity index is 885. The summed E-state index contributed by atoms with van der Waals surface area (Å²) < 4.78 is 28.1. The van der Waals surface area contributed by atoms with Gasteiger partial charge in [0.1, 0.15) is 0 Å². The summed E-state index contributed by atoms with van der Waals surface area (Å²) in [5.74, 6) is 1.19. The monoisotopic (exact) mass is 381 g/mol. The van der Waals surface area contributed by atoms with E-state index in [9.17, 15) is 8.91 Å². The van der Waals surface area contributed by atoms with Crippen LogP contribution in [0.5, 0.6) is 0 Å². The van der Waals surface area contributed by atoms with Gasteiger partial charge in [0, 0.05) is 0 Å². The number of hydrogen-bond donors (Lipinski definition) is 1. The van der Waals surface area contributed by atoms with E-state index in [2.05, 4.69) is 15.5 Å². The van der Waals surface area contributed by atoms with Crippen molar-refractivity contribution in [3.63, 3.8) is 0 Å². The molecule has 1 unspecified atom stereocenters. The van der Waals surface area contributed by atoms with Gasteiger partial charge in [0.15, 0.2) is 0 Å². The first-order chi connectivity index (χ1) is 13.2. The van der Waals surface area contributed by atoms with Gasteiger partial charge in [-0.15, -0.1) is 0 Å². The van der Waals surface area contributed by atoms with Crippen LogP contribution in [0.3, 0.4) is 0 Å². The molecule has 8 heteroatoms. The van der Waals surface area contributed by atoms with Gasteiger partial charge in [0.2, 0.25) is 5.89 Å². The van der Waals surface area contributed by atoms with Gasteiger partial charge in [-0.1, -0.05) is 30.3 Å². The first kappa shape index (κ1) is 19.3. The van der Waals surface area contributed by atoms with E-state index in [-0.39, 0.29) is 5.75 Å². The molecular formula is C19H20BN3O3S. The summed E-state index contributed by atoms with van der Waals surface area (Å²) in [6.45, 7) is 0.730. The van der Waals surface area contributed by atoms with Gasteiger partial charge in [0.05, 0.1) is 6.42 Å². The van der Waals surface area contributed by atoms with Crippen LogP contribution < -0.4 is 5.32 Å². The molecule has 0 aliphatic carbocycles. The first-order valence-corrected chi connectivity index (χ1v) is 10.0. The number of benzene rings is 2. The predicted octanol–water partition coefficient (Wildman–Crippen LogP) is 2.11. The van der Waals surface area contributed by atoms with Crippen molar-refractivity contribution in [2.24, 2.45) is 0 Å². The SMILES string of the molecule is O=BCNCCc1ccc(S(=O)Cc2noc(Cc3ccccc3)n2)cc1. The van der Waals surface area contributed by atoms with Gasteiger partial charge < -0.3 is 4.52 Å². The van der Waals surface area contributed by atoms with Crippen LogP contribution in [0.1, 0.15) is 22.8 Å². The second-order valence-corrected chi connectivity index (χ2v) is 7.47. The maximum absolute atomic E-state index is 12.5. The molecule has 27 heavy (non-hydrogen) atoms. The fraction of sp³-hybridized carbons (Fsp3) is 0.263. The van der Waals surface area contributed by atoms with Gasteiger partial charge in [-0.3, -0.25) is 0 Å². The molecule has 6 nitrogen and oxygen atoms in total. The van der Waals surface area contributed by atoms with E-state index < -0.39 is 10.8 Å². The predicted molar refractivity (Wildman–Crippen MR) is 103 cm³/mol. The fourth-order valence-corrected chi connectivity index (χ4v) is 3.55. The molecule has 1 aromatic heterocycles. The zero-order valence-corrected chi connectivity index (χ0v) is 15.7. The Hall–Kier alpha value is -2.45. The first-order valence-electron chi connectivity index (χ1n) is 8.71. The van der Waals surface area contributed by atoms with Crippen molar-refractivity contribution >= 4 is 17.9 Å². The summed E-state index contributed by atoms with van der Waals surface area (Å²) in [4.78, 5) is 5.07. The second-order valence-electron chi connectivity index (χ2n) is 6.02.